The van der Waals surface area contributed by atoms with Crippen LogP contribution in [0.25, 0.3) is 29.1 Å². The Morgan fingerprint density at radius 1 is 0.826 bits per heavy atom. The molecule has 23 heavy (non-hydrogen) atoms. The molecule has 4 rings (SSSR count). The Balaban J connectivity index is 1.74. The molecule has 0 saturated carbocycles. The third-order valence-electron chi connectivity index (χ3n) is 3.61. The van der Waals surface area contributed by atoms with E-state index in [0.717, 1.165) is 28.2 Å². The van der Waals surface area contributed by atoms with Gasteiger partial charge in [-0.25, -0.2) is 9.50 Å². The molecule has 0 atom stereocenters. The number of pyridine rings is 1. The summed E-state index contributed by atoms with van der Waals surface area (Å²) >= 11 is 0. The summed E-state index contributed by atoms with van der Waals surface area (Å²) in [4.78, 5) is 8.47. The van der Waals surface area contributed by atoms with Crippen molar-refractivity contribution in [2.75, 3.05) is 0 Å². The minimum Gasteiger partial charge on any atom is -0.265 e. The second-order valence-corrected chi connectivity index (χ2v) is 5.15. The number of aromatic nitrogens is 4. The second-order valence-electron chi connectivity index (χ2n) is 5.15. The average Bonchev–Trinajstić information content (AvgIpc) is 3.05. The van der Waals surface area contributed by atoms with Crippen LogP contribution in [0.5, 0.6) is 0 Å². The van der Waals surface area contributed by atoms with Crippen LogP contribution >= 0.6 is 0 Å². The fourth-order valence-electron chi connectivity index (χ4n) is 2.44. The minimum absolute atomic E-state index is 0.827. The third kappa shape index (κ3) is 2.74. The Bertz CT molecular complexity index is 957. The molecule has 3 aromatic heterocycles. The lowest BCUT2D eigenvalue weighted by Gasteiger charge is -2.01. The first-order valence-electron chi connectivity index (χ1n) is 7.38. The van der Waals surface area contributed by atoms with Crippen molar-refractivity contribution in [3.05, 3.63) is 84.4 Å². The van der Waals surface area contributed by atoms with Gasteiger partial charge in [-0.1, -0.05) is 36.4 Å². The van der Waals surface area contributed by atoms with Crippen molar-refractivity contribution < 1.29 is 0 Å². The smallest absolute Gasteiger partial charge is 0.154 e. The van der Waals surface area contributed by atoms with Gasteiger partial charge in [0, 0.05) is 18.0 Å². The number of nitrogens with zero attached hydrogens (tertiary/aromatic N) is 4. The molecule has 0 N–H and O–H groups in total. The summed E-state index contributed by atoms with van der Waals surface area (Å²) in [5, 5.41) is 4.67. The van der Waals surface area contributed by atoms with Crippen LogP contribution in [0.2, 0.25) is 0 Å². The fraction of sp³-hybridized carbons (Fsp3) is 0. The molecule has 0 spiro atoms. The summed E-state index contributed by atoms with van der Waals surface area (Å²) in [6.07, 6.45) is 9.44. The summed E-state index contributed by atoms with van der Waals surface area (Å²) in [6, 6.07) is 18.0. The molecule has 4 heteroatoms. The number of hydrogen-bond acceptors (Lipinski definition) is 3. The summed E-state index contributed by atoms with van der Waals surface area (Å²) in [5.41, 5.74) is 4.86. The highest BCUT2D eigenvalue weighted by Gasteiger charge is 2.06. The largest absolute Gasteiger partial charge is 0.265 e. The van der Waals surface area contributed by atoms with E-state index in [4.69, 9.17) is 0 Å². The third-order valence-corrected chi connectivity index (χ3v) is 3.61. The molecular formula is C19H14N4. The highest BCUT2D eigenvalue weighted by atomic mass is 15.3. The first-order chi connectivity index (χ1) is 11.4. The van der Waals surface area contributed by atoms with Gasteiger partial charge in [0.25, 0.3) is 0 Å². The molecule has 0 fully saturated rings. The van der Waals surface area contributed by atoms with Crippen LogP contribution < -0.4 is 0 Å². The summed E-state index contributed by atoms with van der Waals surface area (Å²) < 4.78 is 1.86. The van der Waals surface area contributed by atoms with E-state index in [1.807, 2.05) is 59.3 Å². The van der Waals surface area contributed by atoms with Crippen LogP contribution in [0.4, 0.5) is 0 Å². The van der Waals surface area contributed by atoms with Gasteiger partial charge in [0.15, 0.2) is 5.65 Å². The number of hydrogen-bond donors (Lipinski definition) is 0. The van der Waals surface area contributed by atoms with Gasteiger partial charge in [0.05, 0.1) is 17.6 Å². The fourth-order valence-corrected chi connectivity index (χ4v) is 2.44. The summed E-state index contributed by atoms with van der Waals surface area (Å²) in [7, 11) is 0. The molecular weight excluding hydrogens is 284 g/mol. The molecule has 0 aliphatic rings. The zero-order valence-electron chi connectivity index (χ0n) is 12.4. The zero-order chi connectivity index (χ0) is 15.5. The van der Waals surface area contributed by atoms with Crippen molar-refractivity contribution >= 4 is 17.8 Å². The van der Waals surface area contributed by atoms with E-state index in [1.165, 1.54) is 0 Å². The molecule has 0 unspecified atom stereocenters. The molecule has 3 heterocycles. The highest BCUT2D eigenvalue weighted by molar-refractivity contribution is 5.69. The number of fused-ring (bicyclic) bond motifs is 1. The van der Waals surface area contributed by atoms with E-state index in [9.17, 15) is 0 Å². The van der Waals surface area contributed by atoms with Crippen molar-refractivity contribution in [3.8, 4) is 11.3 Å². The van der Waals surface area contributed by atoms with Crippen molar-refractivity contribution in [3.63, 3.8) is 0 Å². The van der Waals surface area contributed by atoms with E-state index in [1.54, 1.807) is 12.4 Å². The Morgan fingerprint density at radius 3 is 2.48 bits per heavy atom. The lowest BCUT2D eigenvalue weighted by molar-refractivity contribution is 0.933. The van der Waals surface area contributed by atoms with Crippen LogP contribution in [0.15, 0.2) is 73.2 Å². The normalized spacial score (nSPS) is 11.3. The van der Waals surface area contributed by atoms with E-state index in [0.29, 0.717) is 0 Å². The predicted molar refractivity (Wildman–Crippen MR) is 91.6 cm³/mol. The summed E-state index contributed by atoms with van der Waals surface area (Å²) in [6.45, 7) is 0. The quantitative estimate of drug-likeness (QED) is 0.575. The Labute approximate surface area is 133 Å². The molecule has 0 radical (unpaired) electrons. The number of benzene rings is 1. The zero-order valence-corrected chi connectivity index (χ0v) is 12.4. The first-order valence-corrected chi connectivity index (χ1v) is 7.38. The Hall–Kier alpha value is -3.27. The number of rotatable bonds is 3. The average molecular weight is 298 g/mol. The van der Waals surface area contributed by atoms with E-state index >= 15 is 0 Å². The van der Waals surface area contributed by atoms with Crippen LogP contribution in [0.3, 0.4) is 0 Å². The second kappa shape index (κ2) is 5.85. The lowest BCUT2D eigenvalue weighted by Crippen LogP contribution is -1.96. The van der Waals surface area contributed by atoms with Crippen molar-refractivity contribution in [2.45, 2.75) is 0 Å². The molecule has 4 nitrogen and oxygen atoms in total. The van der Waals surface area contributed by atoms with Gasteiger partial charge in [0.2, 0.25) is 0 Å². The van der Waals surface area contributed by atoms with E-state index in [2.05, 4.69) is 33.3 Å². The van der Waals surface area contributed by atoms with Crippen molar-refractivity contribution in [1.29, 1.82) is 0 Å². The van der Waals surface area contributed by atoms with Gasteiger partial charge in [-0.2, -0.15) is 5.10 Å². The molecule has 1 aromatic carbocycles. The van der Waals surface area contributed by atoms with E-state index < -0.39 is 0 Å². The maximum Gasteiger partial charge on any atom is 0.154 e. The first kappa shape index (κ1) is 13.4. The van der Waals surface area contributed by atoms with Crippen molar-refractivity contribution in [1.82, 2.24) is 19.6 Å². The van der Waals surface area contributed by atoms with Gasteiger partial charge < -0.3 is 0 Å². The van der Waals surface area contributed by atoms with Gasteiger partial charge in [0.1, 0.15) is 0 Å². The molecule has 0 aliphatic carbocycles. The molecule has 110 valence electrons. The van der Waals surface area contributed by atoms with Crippen LogP contribution in [0, 0.1) is 0 Å². The van der Waals surface area contributed by atoms with Crippen LogP contribution in [0.1, 0.15) is 11.3 Å². The molecule has 4 aromatic rings. The van der Waals surface area contributed by atoms with E-state index in [-0.39, 0.29) is 0 Å². The SMILES string of the molecule is C(=Cc1ccc2ncc(-c3ccncc3)n2n1)c1ccccc1. The van der Waals surface area contributed by atoms with Crippen LogP contribution in [-0.4, -0.2) is 19.6 Å². The predicted octanol–water partition coefficient (Wildman–Crippen LogP) is 3.96. The van der Waals surface area contributed by atoms with Crippen LogP contribution in [-0.2, 0) is 0 Å². The lowest BCUT2D eigenvalue weighted by atomic mass is 10.2. The topological polar surface area (TPSA) is 43.1 Å². The monoisotopic (exact) mass is 298 g/mol. The Morgan fingerprint density at radius 2 is 1.65 bits per heavy atom. The van der Waals surface area contributed by atoms with Gasteiger partial charge in [-0.15, -0.1) is 0 Å². The molecule has 0 saturated heterocycles. The van der Waals surface area contributed by atoms with Gasteiger partial charge >= 0.3 is 0 Å². The molecule has 0 bridgehead atoms. The summed E-state index contributed by atoms with van der Waals surface area (Å²) in [5.74, 6) is 0. The highest BCUT2D eigenvalue weighted by Crippen LogP contribution is 2.19. The standard InChI is InChI=1S/C19H14N4/c1-2-4-15(5-3-1)6-7-17-8-9-19-21-14-18(23(19)22-17)16-10-12-20-13-11-16/h1-14H. The molecule has 0 aliphatic heterocycles. The maximum absolute atomic E-state index is 4.67. The Kier molecular flexibility index (Phi) is 3.41. The number of imidazole rings is 1. The molecule has 0 amide bonds. The van der Waals surface area contributed by atoms with Crippen molar-refractivity contribution in [2.24, 2.45) is 0 Å². The minimum atomic E-state index is 0.827. The van der Waals surface area contributed by atoms with Gasteiger partial charge in [-0.3, -0.25) is 4.98 Å². The van der Waals surface area contributed by atoms with Gasteiger partial charge in [-0.05, 0) is 35.9 Å². The maximum atomic E-state index is 4.67.